The number of carbonyl (C=O) groups is 6. The number of benzene rings is 1. The molecule has 3 aliphatic heterocycles. The Morgan fingerprint density at radius 2 is 1.55 bits per heavy atom. The van der Waals surface area contributed by atoms with Crippen LogP contribution in [0.5, 0.6) is 0 Å². The molecule has 238 valence electrons. The Morgan fingerprint density at radius 3 is 2.25 bits per heavy atom. The van der Waals surface area contributed by atoms with Crippen molar-refractivity contribution >= 4 is 41.0 Å². The largest absolute Gasteiger partial charge is 0.345 e. The molecule has 0 saturated carbocycles. The Kier molecular flexibility index (Phi) is 10.4. The third kappa shape index (κ3) is 7.43. The van der Waals surface area contributed by atoms with Crippen molar-refractivity contribution in [3.63, 3.8) is 0 Å². The zero-order valence-corrected chi connectivity index (χ0v) is 25.9. The minimum atomic E-state index is -1.08. The van der Waals surface area contributed by atoms with E-state index in [1.165, 1.54) is 11.8 Å². The van der Waals surface area contributed by atoms with E-state index < -0.39 is 72.2 Å². The average molecular weight is 610 g/mol. The van der Waals surface area contributed by atoms with Crippen LogP contribution in [0.15, 0.2) is 29.3 Å². The van der Waals surface area contributed by atoms with E-state index in [4.69, 9.17) is 0 Å². The molecule has 6 amide bonds. The summed E-state index contributed by atoms with van der Waals surface area (Å²) < 4.78 is 0. The SMILES string of the molecule is CC(C)[C@H]1NC(=O)[C@@H]2CCCN2C(=O)[C@@H](C(C)C)NC(=O)CNC(=O)[C@@H](C)NC(=O)[C@@H](CC2=c3ccccc3=NC2)NC1=O. The summed E-state index contributed by atoms with van der Waals surface area (Å²) in [7, 11) is 0. The van der Waals surface area contributed by atoms with Crippen molar-refractivity contribution in [3.8, 4) is 0 Å². The lowest BCUT2D eigenvalue weighted by atomic mass is 9.99. The van der Waals surface area contributed by atoms with Crippen LogP contribution in [0.2, 0.25) is 0 Å². The summed E-state index contributed by atoms with van der Waals surface area (Å²) >= 11 is 0. The fourth-order valence-corrected chi connectivity index (χ4v) is 5.77. The molecule has 5 N–H and O–H groups in total. The van der Waals surface area contributed by atoms with Crippen LogP contribution in [0.1, 0.15) is 53.9 Å². The maximum Gasteiger partial charge on any atom is 0.246 e. The van der Waals surface area contributed by atoms with Gasteiger partial charge < -0.3 is 31.5 Å². The van der Waals surface area contributed by atoms with Gasteiger partial charge in [0, 0.05) is 18.2 Å². The summed E-state index contributed by atoms with van der Waals surface area (Å²) in [6, 6.07) is 2.67. The molecule has 5 atom stereocenters. The van der Waals surface area contributed by atoms with E-state index in [1.807, 2.05) is 24.3 Å². The maximum absolute atomic E-state index is 13.7. The molecule has 1 aromatic rings. The monoisotopic (exact) mass is 609 g/mol. The molecule has 44 heavy (non-hydrogen) atoms. The summed E-state index contributed by atoms with van der Waals surface area (Å²) in [5.41, 5.74) is 0.849. The Bertz CT molecular complexity index is 1440. The van der Waals surface area contributed by atoms with Gasteiger partial charge in [0.2, 0.25) is 35.4 Å². The first-order valence-corrected chi connectivity index (χ1v) is 15.3. The lowest BCUT2D eigenvalue weighted by Gasteiger charge is -2.32. The first-order valence-electron chi connectivity index (χ1n) is 15.3. The van der Waals surface area contributed by atoms with E-state index in [2.05, 4.69) is 31.6 Å². The van der Waals surface area contributed by atoms with Gasteiger partial charge in [-0.15, -0.1) is 0 Å². The van der Waals surface area contributed by atoms with Crippen LogP contribution in [0.3, 0.4) is 0 Å². The molecule has 3 aliphatic rings. The Hall–Kier alpha value is -4.29. The number of nitrogens with zero attached hydrogens (tertiary/aromatic N) is 2. The van der Waals surface area contributed by atoms with Gasteiger partial charge in [-0.05, 0) is 43.2 Å². The molecule has 0 aliphatic carbocycles. The summed E-state index contributed by atoms with van der Waals surface area (Å²) in [6.07, 6.45) is 1.13. The molecule has 2 saturated heterocycles. The second-order valence-corrected chi connectivity index (χ2v) is 12.4. The number of hydrogen-bond donors (Lipinski definition) is 5. The zero-order valence-electron chi connectivity index (χ0n) is 25.9. The standard InChI is InChI=1S/C31H43N7O6/c1-16(2)25-30(43)35-22(13-19-14-32-21-10-7-6-9-20(19)21)28(41)34-18(5)27(40)33-15-24(39)36-26(17(3)4)31(44)38-12-8-11-23(38)29(42)37-25/h6-7,9-10,16-18,22-23,25-26H,8,11-15H2,1-5H3,(H,33,40)(H,34,41)(H,35,43)(H,36,39)(H,37,42)/t18-,22-,23+,25-,26-/m1/s1. The zero-order chi connectivity index (χ0) is 32.1. The summed E-state index contributed by atoms with van der Waals surface area (Å²) in [4.78, 5) is 86.0. The van der Waals surface area contributed by atoms with Gasteiger partial charge in [0.1, 0.15) is 30.2 Å². The summed E-state index contributed by atoms with van der Waals surface area (Å²) in [5.74, 6) is -3.84. The predicted octanol–water partition coefficient (Wildman–Crippen LogP) is -1.75. The van der Waals surface area contributed by atoms with Crippen molar-refractivity contribution in [1.82, 2.24) is 31.5 Å². The van der Waals surface area contributed by atoms with Crippen LogP contribution < -0.4 is 37.2 Å². The van der Waals surface area contributed by atoms with Crippen molar-refractivity contribution in [2.24, 2.45) is 16.8 Å². The van der Waals surface area contributed by atoms with Gasteiger partial charge in [-0.1, -0.05) is 45.9 Å². The second-order valence-electron chi connectivity index (χ2n) is 12.4. The van der Waals surface area contributed by atoms with Gasteiger partial charge in [0.05, 0.1) is 18.4 Å². The average Bonchev–Trinajstić information content (AvgIpc) is 3.63. The quantitative estimate of drug-likeness (QED) is 0.270. The van der Waals surface area contributed by atoms with Crippen LogP contribution in [0, 0.1) is 11.8 Å². The molecule has 1 aromatic carbocycles. The Morgan fingerprint density at radius 1 is 0.841 bits per heavy atom. The van der Waals surface area contributed by atoms with E-state index in [1.54, 1.807) is 27.7 Å². The number of hydrogen-bond acceptors (Lipinski definition) is 7. The third-order valence-electron chi connectivity index (χ3n) is 8.32. The van der Waals surface area contributed by atoms with Crippen LogP contribution in [-0.2, 0) is 28.8 Å². The molecular formula is C31H43N7O6. The Balaban J connectivity index is 1.66. The fourth-order valence-electron chi connectivity index (χ4n) is 5.77. The number of para-hydroxylation sites is 1. The minimum absolute atomic E-state index is 0.134. The predicted molar refractivity (Wildman–Crippen MR) is 161 cm³/mol. The molecular weight excluding hydrogens is 566 g/mol. The summed E-state index contributed by atoms with van der Waals surface area (Å²) in [5, 5.41) is 15.1. The molecule has 13 heteroatoms. The highest BCUT2D eigenvalue weighted by molar-refractivity contribution is 5.98. The van der Waals surface area contributed by atoms with Crippen molar-refractivity contribution in [2.45, 2.75) is 84.1 Å². The van der Waals surface area contributed by atoms with Crippen LogP contribution in [0.25, 0.3) is 5.57 Å². The number of fused-ring (bicyclic) bond motifs is 2. The molecule has 13 nitrogen and oxygen atoms in total. The first kappa shape index (κ1) is 32.6. The van der Waals surface area contributed by atoms with Crippen LogP contribution >= 0.6 is 0 Å². The van der Waals surface area contributed by atoms with Crippen molar-refractivity contribution in [3.05, 3.63) is 34.8 Å². The molecule has 3 heterocycles. The molecule has 0 aromatic heterocycles. The van der Waals surface area contributed by atoms with Gasteiger partial charge in [-0.3, -0.25) is 33.8 Å². The fraction of sp³-hybridized carbons (Fsp3) is 0.581. The normalized spacial score (nSPS) is 27.4. The smallest absolute Gasteiger partial charge is 0.246 e. The highest BCUT2D eigenvalue weighted by Crippen LogP contribution is 2.21. The lowest BCUT2D eigenvalue weighted by molar-refractivity contribution is -0.143. The van der Waals surface area contributed by atoms with Gasteiger partial charge >= 0.3 is 0 Å². The van der Waals surface area contributed by atoms with E-state index in [-0.39, 0.29) is 18.3 Å². The second kappa shape index (κ2) is 14.0. The van der Waals surface area contributed by atoms with Crippen LogP contribution in [-0.4, -0.2) is 90.2 Å². The number of nitrogens with one attached hydrogen (secondary N) is 5. The van der Waals surface area contributed by atoms with Gasteiger partial charge in [-0.25, -0.2) is 0 Å². The number of carbonyl (C=O) groups excluding carboxylic acids is 6. The molecule has 0 unspecified atom stereocenters. The number of amides is 6. The molecule has 4 rings (SSSR count). The van der Waals surface area contributed by atoms with E-state index in [0.717, 1.165) is 16.1 Å². The number of rotatable bonds is 4. The summed E-state index contributed by atoms with van der Waals surface area (Å²) in [6.45, 7) is 8.87. The topological polar surface area (TPSA) is 178 Å². The highest BCUT2D eigenvalue weighted by Gasteiger charge is 2.40. The van der Waals surface area contributed by atoms with E-state index in [9.17, 15) is 28.8 Å². The first-order chi connectivity index (χ1) is 20.9. The van der Waals surface area contributed by atoms with Crippen molar-refractivity contribution in [1.29, 1.82) is 0 Å². The maximum atomic E-state index is 13.7. The van der Waals surface area contributed by atoms with Gasteiger partial charge in [0.25, 0.3) is 0 Å². The molecule has 2 fully saturated rings. The molecule has 0 bridgehead atoms. The van der Waals surface area contributed by atoms with Gasteiger partial charge in [-0.2, -0.15) is 0 Å². The minimum Gasteiger partial charge on any atom is -0.345 e. The Labute approximate surface area is 256 Å². The van der Waals surface area contributed by atoms with Crippen molar-refractivity contribution in [2.75, 3.05) is 19.6 Å². The molecule has 0 spiro atoms. The highest BCUT2D eigenvalue weighted by atomic mass is 16.2. The van der Waals surface area contributed by atoms with Crippen molar-refractivity contribution < 1.29 is 28.8 Å². The molecule has 0 radical (unpaired) electrons. The van der Waals surface area contributed by atoms with E-state index >= 15 is 0 Å². The lowest BCUT2D eigenvalue weighted by Crippen LogP contribution is -2.61. The van der Waals surface area contributed by atoms with Crippen LogP contribution in [0.4, 0.5) is 0 Å². The third-order valence-corrected chi connectivity index (χ3v) is 8.32. The van der Waals surface area contributed by atoms with Gasteiger partial charge in [0.15, 0.2) is 0 Å². The van der Waals surface area contributed by atoms with E-state index in [0.29, 0.717) is 25.9 Å².